The molecule has 0 aliphatic rings. The maximum atomic E-state index is 12.8. The summed E-state index contributed by atoms with van der Waals surface area (Å²) in [6.45, 7) is 6.34. The Labute approximate surface area is 437 Å². The molecule has 0 saturated heterocycles. The highest BCUT2D eigenvalue weighted by atomic mass is 16.6. The number of ether oxygens (including phenoxy) is 3. The summed E-state index contributed by atoms with van der Waals surface area (Å²) in [6, 6.07) is 0. The van der Waals surface area contributed by atoms with Crippen molar-refractivity contribution in [1.82, 2.24) is 0 Å². The van der Waals surface area contributed by atoms with Gasteiger partial charge in [-0.15, -0.1) is 0 Å². The van der Waals surface area contributed by atoms with E-state index in [1.165, 1.54) is 57.8 Å². The second kappa shape index (κ2) is 58.4. The minimum atomic E-state index is -0.797. The van der Waals surface area contributed by atoms with Gasteiger partial charge >= 0.3 is 17.9 Å². The molecule has 0 radical (unpaired) electrons. The highest BCUT2D eigenvalue weighted by Crippen LogP contribution is 2.14. The van der Waals surface area contributed by atoms with E-state index in [1.54, 1.807) is 0 Å². The molecule has 0 amide bonds. The topological polar surface area (TPSA) is 78.9 Å². The van der Waals surface area contributed by atoms with Gasteiger partial charge in [0, 0.05) is 19.3 Å². The molecule has 0 aliphatic heterocycles. The van der Waals surface area contributed by atoms with Gasteiger partial charge in [0.15, 0.2) is 6.10 Å². The van der Waals surface area contributed by atoms with Gasteiger partial charge in [0.25, 0.3) is 0 Å². The molecule has 1 unspecified atom stereocenters. The molecule has 1 atom stereocenters. The lowest BCUT2D eigenvalue weighted by molar-refractivity contribution is -0.167. The summed E-state index contributed by atoms with van der Waals surface area (Å²) in [5, 5.41) is 0. The van der Waals surface area contributed by atoms with Crippen LogP contribution in [0.2, 0.25) is 0 Å². The van der Waals surface area contributed by atoms with Gasteiger partial charge in [-0.2, -0.15) is 0 Å². The summed E-state index contributed by atoms with van der Waals surface area (Å²) < 4.78 is 16.8. The molecular weight excluding hydrogens is 877 g/mol. The first-order valence-corrected chi connectivity index (χ1v) is 29.0. The first kappa shape index (κ1) is 66.8. The maximum Gasteiger partial charge on any atom is 0.306 e. The van der Waals surface area contributed by atoms with Gasteiger partial charge in [-0.25, -0.2) is 0 Å². The number of carbonyl (C=O) groups excluding carboxylic acids is 3. The lowest BCUT2D eigenvalue weighted by Gasteiger charge is -2.18. The number of hydrogen-bond acceptors (Lipinski definition) is 6. The lowest BCUT2D eigenvalue weighted by atomic mass is 10.1. The van der Waals surface area contributed by atoms with Crippen molar-refractivity contribution in [3.05, 3.63) is 122 Å². The van der Waals surface area contributed by atoms with Gasteiger partial charge in [0.1, 0.15) is 13.2 Å². The molecule has 0 aromatic rings. The maximum absolute atomic E-state index is 12.8. The molecule has 6 nitrogen and oxygen atoms in total. The van der Waals surface area contributed by atoms with Crippen molar-refractivity contribution < 1.29 is 28.6 Å². The Morgan fingerprint density at radius 1 is 0.296 bits per heavy atom. The molecule has 0 fully saturated rings. The van der Waals surface area contributed by atoms with Crippen LogP contribution in [-0.2, 0) is 28.6 Å². The number of allylic oxidation sites excluding steroid dienone is 20. The quantitative estimate of drug-likeness (QED) is 0.0261. The molecule has 6 heteroatoms. The Morgan fingerprint density at radius 2 is 0.549 bits per heavy atom. The Hall–Kier alpha value is -4.19. The standard InChI is InChI=1S/C65H106O6/c1-4-7-10-13-16-19-22-24-26-27-28-29-30-31-32-33-34-35-36-37-39-40-43-46-49-52-55-58-64(67)70-61-62(60-69-63(66)57-54-51-48-45-42-21-18-15-12-9-6-3)71-65(68)59-56-53-50-47-44-41-38-25-23-20-17-14-11-8-5-2/h7-8,10-11,15-20,24-26,28-29,31-32,34-35,38,62H,4-6,9,12-14,21-23,27,30,33,36-37,39-61H2,1-3H3/b10-7-,11-8-,18-15-,19-16-,20-17-,26-24-,29-28-,32-31-,35-34-,38-25-. The summed E-state index contributed by atoms with van der Waals surface area (Å²) in [4.78, 5) is 38.1. The average Bonchev–Trinajstić information content (AvgIpc) is 3.37. The largest absolute Gasteiger partial charge is 0.462 e. The lowest BCUT2D eigenvalue weighted by Crippen LogP contribution is -2.30. The van der Waals surface area contributed by atoms with Crippen molar-refractivity contribution >= 4 is 17.9 Å². The van der Waals surface area contributed by atoms with Gasteiger partial charge in [-0.3, -0.25) is 14.4 Å². The Bertz CT molecular complexity index is 1500. The monoisotopic (exact) mass is 983 g/mol. The predicted molar refractivity (Wildman–Crippen MR) is 306 cm³/mol. The molecule has 0 bridgehead atoms. The van der Waals surface area contributed by atoms with Crippen LogP contribution in [0.1, 0.15) is 252 Å². The highest BCUT2D eigenvalue weighted by Gasteiger charge is 2.19. The highest BCUT2D eigenvalue weighted by molar-refractivity contribution is 5.71. The smallest absolute Gasteiger partial charge is 0.306 e. The van der Waals surface area contributed by atoms with Crippen LogP contribution >= 0.6 is 0 Å². The summed E-state index contributed by atoms with van der Waals surface area (Å²) in [5.41, 5.74) is 0. The summed E-state index contributed by atoms with van der Waals surface area (Å²) in [6.07, 6.45) is 80.5. The molecule has 0 aromatic carbocycles. The van der Waals surface area contributed by atoms with Crippen molar-refractivity contribution in [3.63, 3.8) is 0 Å². The fourth-order valence-corrected chi connectivity index (χ4v) is 7.62. The van der Waals surface area contributed by atoms with E-state index in [2.05, 4.69) is 142 Å². The number of rotatable bonds is 51. The summed E-state index contributed by atoms with van der Waals surface area (Å²) >= 11 is 0. The molecule has 0 aliphatic carbocycles. The Balaban J connectivity index is 4.32. The van der Waals surface area contributed by atoms with Crippen LogP contribution in [0.25, 0.3) is 0 Å². The molecule has 0 N–H and O–H groups in total. The van der Waals surface area contributed by atoms with Crippen LogP contribution in [0.3, 0.4) is 0 Å². The summed E-state index contributed by atoms with van der Waals surface area (Å²) in [7, 11) is 0. The van der Waals surface area contributed by atoms with Gasteiger partial charge in [-0.1, -0.05) is 232 Å². The van der Waals surface area contributed by atoms with Crippen LogP contribution in [0.5, 0.6) is 0 Å². The third-order valence-corrected chi connectivity index (χ3v) is 11.9. The fraction of sp³-hybridized carbons (Fsp3) is 0.646. The van der Waals surface area contributed by atoms with Gasteiger partial charge in [0.05, 0.1) is 0 Å². The molecule has 71 heavy (non-hydrogen) atoms. The SMILES string of the molecule is CC/C=C\C/C=C\C/C=C\C/C=C\C/C=C\C/C=C\CCCCCCCCCCC(=O)OCC(COC(=O)CCCCCCC/C=C\CCCC)OC(=O)CCCCCCC/C=C\C/C=C\C/C=C\CC. The number of esters is 3. The molecule has 0 heterocycles. The summed E-state index contributed by atoms with van der Waals surface area (Å²) in [5.74, 6) is -0.932. The predicted octanol–water partition coefficient (Wildman–Crippen LogP) is 19.6. The third kappa shape index (κ3) is 56.6. The van der Waals surface area contributed by atoms with Crippen LogP contribution in [0, 0.1) is 0 Å². The van der Waals surface area contributed by atoms with E-state index in [9.17, 15) is 14.4 Å². The number of hydrogen-bond donors (Lipinski definition) is 0. The fourth-order valence-electron chi connectivity index (χ4n) is 7.62. The Kier molecular flexibility index (Phi) is 54.9. The van der Waals surface area contributed by atoms with E-state index in [4.69, 9.17) is 14.2 Å². The van der Waals surface area contributed by atoms with Crippen LogP contribution in [0.4, 0.5) is 0 Å². The molecule has 402 valence electrons. The minimum absolute atomic E-state index is 0.0944. The molecular formula is C65H106O6. The zero-order valence-electron chi connectivity index (χ0n) is 45.9. The van der Waals surface area contributed by atoms with E-state index >= 15 is 0 Å². The first-order chi connectivity index (χ1) is 35.0. The zero-order chi connectivity index (χ0) is 51.4. The Morgan fingerprint density at radius 3 is 0.873 bits per heavy atom. The van der Waals surface area contributed by atoms with Gasteiger partial charge in [-0.05, 0) is 122 Å². The second-order valence-corrected chi connectivity index (χ2v) is 18.8. The van der Waals surface area contributed by atoms with Crippen molar-refractivity contribution in [3.8, 4) is 0 Å². The van der Waals surface area contributed by atoms with Crippen molar-refractivity contribution in [2.24, 2.45) is 0 Å². The van der Waals surface area contributed by atoms with Crippen molar-refractivity contribution in [1.29, 1.82) is 0 Å². The average molecular weight is 984 g/mol. The molecule has 0 saturated carbocycles. The van der Waals surface area contributed by atoms with Crippen LogP contribution < -0.4 is 0 Å². The molecule has 0 rings (SSSR count). The number of unbranched alkanes of at least 4 members (excludes halogenated alkanes) is 20. The van der Waals surface area contributed by atoms with Gasteiger partial charge in [0.2, 0.25) is 0 Å². The van der Waals surface area contributed by atoms with Crippen molar-refractivity contribution in [2.45, 2.75) is 258 Å². The van der Waals surface area contributed by atoms with E-state index < -0.39 is 6.10 Å². The molecule has 0 spiro atoms. The van der Waals surface area contributed by atoms with Gasteiger partial charge < -0.3 is 14.2 Å². The third-order valence-electron chi connectivity index (χ3n) is 11.9. The minimum Gasteiger partial charge on any atom is -0.462 e. The second-order valence-electron chi connectivity index (χ2n) is 18.8. The normalized spacial score (nSPS) is 13.0. The van der Waals surface area contributed by atoms with Crippen LogP contribution in [-0.4, -0.2) is 37.2 Å². The first-order valence-electron chi connectivity index (χ1n) is 29.0. The van der Waals surface area contributed by atoms with E-state index in [1.807, 2.05) is 0 Å². The molecule has 0 aromatic heterocycles. The number of carbonyl (C=O) groups is 3. The van der Waals surface area contributed by atoms with Crippen LogP contribution in [0.15, 0.2) is 122 Å². The van der Waals surface area contributed by atoms with E-state index in [0.29, 0.717) is 19.3 Å². The van der Waals surface area contributed by atoms with E-state index in [0.717, 1.165) is 154 Å². The van der Waals surface area contributed by atoms with E-state index in [-0.39, 0.29) is 31.1 Å². The van der Waals surface area contributed by atoms with Crippen molar-refractivity contribution in [2.75, 3.05) is 13.2 Å². The zero-order valence-corrected chi connectivity index (χ0v) is 45.9.